The van der Waals surface area contributed by atoms with E-state index in [2.05, 4.69) is 5.32 Å². The van der Waals surface area contributed by atoms with E-state index >= 15 is 0 Å². The topological polar surface area (TPSA) is 69.3 Å². The van der Waals surface area contributed by atoms with E-state index in [-0.39, 0.29) is 18.7 Å². The fourth-order valence-corrected chi connectivity index (χ4v) is 3.20. The van der Waals surface area contributed by atoms with Gasteiger partial charge in [0.15, 0.2) is 23.0 Å². The van der Waals surface area contributed by atoms with Crippen molar-refractivity contribution in [2.45, 2.75) is 26.1 Å². The molecule has 0 saturated heterocycles. The molecule has 1 atom stereocenters. The molecule has 2 aromatic carbocycles. The summed E-state index contributed by atoms with van der Waals surface area (Å²) in [5.41, 5.74) is 2.04. The Morgan fingerprint density at radius 3 is 2.39 bits per heavy atom. The largest absolute Gasteiger partial charge is 0.486 e. The number of carbonyl (C=O) groups is 1. The number of nitrogens with zero attached hydrogens (tertiary/aromatic N) is 1. The van der Waals surface area contributed by atoms with Gasteiger partial charge in [0.25, 0.3) is 0 Å². The maximum absolute atomic E-state index is 12.6. The zero-order chi connectivity index (χ0) is 19.5. The highest BCUT2D eigenvalue weighted by molar-refractivity contribution is 5.81. The fourth-order valence-electron chi connectivity index (χ4n) is 3.20. The second-order valence-electron chi connectivity index (χ2n) is 6.97. The highest BCUT2D eigenvalue weighted by Crippen LogP contribution is 2.32. The molecule has 1 N–H and O–H groups in total. The van der Waals surface area contributed by atoms with Crippen molar-refractivity contribution in [3.8, 4) is 23.0 Å². The number of carbonyl (C=O) groups excluding carboxylic acids is 1. The molecule has 2 aliphatic heterocycles. The lowest BCUT2D eigenvalue weighted by Crippen LogP contribution is -2.42. The SMILES string of the molecule is C[C@@H](C(=O)NCc1ccc2c(c1)OCO2)N(C)Cc1ccc2c(c1)OCCO2. The smallest absolute Gasteiger partial charge is 0.237 e. The molecule has 0 radical (unpaired) electrons. The van der Waals surface area contributed by atoms with Crippen LogP contribution in [0.5, 0.6) is 23.0 Å². The van der Waals surface area contributed by atoms with Gasteiger partial charge >= 0.3 is 0 Å². The van der Waals surface area contributed by atoms with Crippen LogP contribution in [-0.4, -0.2) is 43.9 Å². The first-order valence-electron chi connectivity index (χ1n) is 9.35. The van der Waals surface area contributed by atoms with E-state index in [1.807, 2.05) is 55.3 Å². The first kappa shape index (κ1) is 18.4. The van der Waals surface area contributed by atoms with Crippen molar-refractivity contribution in [3.05, 3.63) is 47.5 Å². The molecule has 0 spiro atoms. The predicted molar refractivity (Wildman–Crippen MR) is 103 cm³/mol. The van der Waals surface area contributed by atoms with Gasteiger partial charge in [-0.15, -0.1) is 0 Å². The summed E-state index contributed by atoms with van der Waals surface area (Å²) in [6.45, 7) is 4.35. The summed E-state index contributed by atoms with van der Waals surface area (Å²) in [5.74, 6) is 2.96. The van der Waals surface area contributed by atoms with Crippen molar-refractivity contribution < 1.29 is 23.7 Å². The van der Waals surface area contributed by atoms with Crippen molar-refractivity contribution in [2.24, 2.45) is 0 Å². The van der Waals surface area contributed by atoms with Gasteiger partial charge in [-0.1, -0.05) is 12.1 Å². The van der Waals surface area contributed by atoms with Crippen molar-refractivity contribution in [3.63, 3.8) is 0 Å². The van der Waals surface area contributed by atoms with Gasteiger partial charge in [-0.2, -0.15) is 0 Å². The Balaban J connectivity index is 1.31. The fraction of sp³-hybridized carbons (Fsp3) is 0.381. The molecule has 0 aliphatic carbocycles. The first-order valence-corrected chi connectivity index (χ1v) is 9.35. The summed E-state index contributed by atoms with van der Waals surface area (Å²) >= 11 is 0. The molecule has 2 aliphatic rings. The van der Waals surface area contributed by atoms with Crippen molar-refractivity contribution in [2.75, 3.05) is 27.1 Å². The average Bonchev–Trinajstić information content (AvgIpc) is 3.19. The molecule has 0 bridgehead atoms. The van der Waals surface area contributed by atoms with Crippen LogP contribution in [0.4, 0.5) is 0 Å². The van der Waals surface area contributed by atoms with E-state index in [4.69, 9.17) is 18.9 Å². The summed E-state index contributed by atoms with van der Waals surface area (Å²) in [4.78, 5) is 14.6. The molecule has 2 aromatic rings. The Kier molecular flexibility index (Phi) is 5.25. The number of hydrogen-bond acceptors (Lipinski definition) is 6. The molecule has 148 valence electrons. The highest BCUT2D eigenvalue weighted by atomic mass is 16.7. The minimum Gasteiger partial charge on any atom is -0.486 e. The summed E-state index contributed by atoms with van der Waals surface area (Å²) in [6.07, 6.45) is 0. The van der Waals surface area contributed by atoms with Gasteiger partial charge in [0.2, 0.25) is 12.7 Å². The van der Waals surface area contributed by atoms with Crippen molar-refractivity contribution >= 4 is 5.91 Å². The van der Waals surface area contributed by atoms with Gasteiger partial charge < -0.3 is 24.3 Å². The molecular formula is C21H24N2O5. The number of hydrogen-bond donors (Lipinski definition) is 1. The van der Waals surface area contributed by atoms with E-state index in [0.717, 1.165) is 34.1 Å². The summed E-state index contributed by atoms with van der Waals surface area (Å²) in [7, 11) is 1.93. The zero-order valence-corrected chi connectivity index (χ0v) is 16.1. The number of rotatable bonds is 6. The summed E-state index contributed by atoms with van der Waals surface area (Å²) < 4.78 is 21.9. The maximum atomic E-state index is 12.6. The van der Waals surface area contributed by atoms with E-state index in [0.29, 0.717) is 26.3 Å². The normalized spacial score (nSPS) is 15.4. The number of amides is 1. The van der Waals surface area contributed by atoms with Crippen LogP contribution in [0, 0.1) is 0 Å². The van der Waals surface area contributed by atoms with Gasteiger partial charge in [-0.3, -0.25) is 9.69 Å². The molecular weight excluding hydrogens is 360 g/mol. The summed E-state index contributed by atoms with van der Waals surface area (Å²) in [5, 5.41) is 2.98. The van der Waals surface area contributed by atoms with Crippen LogP contribution in [0.25, 0.3) is 0 Å². The van der Waals surface area contributed by atoms with Crippen LogP contribution < -0.4 is 24.3 Å². The number of benzene rings is 2. The van der Waals surface area contributed by atoms with E-state index < -0.39 is 0 Å². The van der Waals surface area contributed by atoms with Crippen LogP contribution in [0.3, 0.4) is 0 Å². The lowest BCUT2D eigenvalue weighted by Gasteiger charge is -2.25. The average molecular weight is 384 g/mol. The number of likely N-dealkylation sites (N-methyl/N-ethyl adjacent to an activating group) is 1. The van der Waals surface area contributed by atoms with Crippen molar-refractivity contribution in [1.82, 2.24) is 10.2 Å². The molecule has 0 fully saturated rings. The monoisotopic (exact) mass is 384 g/mol. The number of ether oxygens (including phenoxy) is 4. The van der Waals surface area contributed by atoms with E-state index in [1.54, 1.807) is 0 Å². The quantitative estimate of drug-likeness (QED) is 0.824. The Morgan fingerprint density at radius 2 is 1.57 bits per heavy atom. The summed E-state index contributed by atoms with van der Waals surface area (Å²) in [6, 6.07) is 11.3. The zero-order valence-electron chi connectivity index (χ0n) is 16.1. The lowest BCUT2D eigenvalue weighted by atomic mass is 10.1. The highest BCUT2D eigenvalue weighted by Gasteiger charge is 2.20. The lowest BCUT2D eigenvalue weighted by molar-refractivity contribution is -0.125. The molecule has 7 nitrogen and oxygen atoms in total. The Labute approximate surface area is 164 Å². The maximum Gasteiger partial charge on any atom is 0.237 e. The molecule has 0 aromatic heterocycles. The van der Waals surface area contributed by atoms with Crippen LogP contribution >= 0.6 is 0 Å². The Bertz CT molecular complexity index is 870. The second-order valence-corrected chi connectivity index (χ2v) is 6.97. The van der Waals surface area contributed by atoms with E-state index in [9.17, 15) is 4.79 Å². The van der Waals surface area contributed by atoms with Gasteiger partial charge in [0, 0.05) is 13.1 Å². The van der Waals surface area contributed by atoms with E-state index in [1.165, 1.54) is 0 Å². The van der Waals surface area contributed by atoms with Crippen molar-refractivity contribution in [1.29, 1.82) is 0 Å². The van der Waals surface area contributed by atoms with Gasteiger partial charge in [0.1, 0.15) is 13.2 Å². The van der Waals surface area contributed by atoms with Gasteiger partial charge in [-0.05, 0) is 49.4 Å². The molecule has 4 rings (SSSR count). The number of fused-ring (bicyclic) bond motifs is 2. The molecule has 0 unspecified atom stereocenters. The van der Waals surface area contributed by atoms with Crippen LogP contribution in [0.15, 0.2) is 36.4 Å². The number of nitrogens with one attached hydrogen (secondary N) is 1. The first-order chi connectivity index (χ1) is 13.6. The Hall–Kier alpha value is -2.93. The predicted octanol–water partition coefficient (Wildman–Crippen LogP) is 2.32. The molecule has 7 heteroatoms. The Morgan fingerprint density at radius 1 is 0.964 bits per heavy atom. The van der Waals surface area contributed by atoms with Gasteiger partial charge in [0.05, 0.1) is 6.04 Å². The minimum atomic E-state index is -0.276. The second kappa shape index (κ2) is 7.98. The molecule has 0 saturated carbocycles. The van der Waals surface area contributed by atoms with Crippen LogP contribution in [0.1, 0.15) is 18.1 Å². The van der Waals surface area contributed by atoms with Crippen LogP contribution in [-0.2, 0) is 17.9 Å². The minimum absolute atomic E-state index is 0.0299. The molecule has 2 heterocycles. The van der Waals surface area contributed by atoms with Crippen LogP contribution in [0.2, 0.25) is 0 Å². The molecule has 1 amide bonds. The third-order valence-electron chi connectivity index (χ3n) is 4.98. The molecule has 28 heavy (non-hydrogen) atoms. The third-order valence-corrected chi connectivity index (χ3v) is 4.98. The standard InChI is InChI=1S/C21H24N2O5/c1-14(21(24)22-11-15-3-5-18-20(9-15)28-13-27-18)23(2)12-16-4-6-17-19(10-16)26-8-7-25-17/h3-6,9-10,14H,7-8,11-13H2,1-2H3,(H,22,24)/t14-/m0/s1. The van der Waals surface area contributed by atoms with Gasteiger partial charge in [-0.25, -0.2) is 0 Å². The third kappa shape index (κ3) is 3.99.